The second-order valence-electron chi connectivity index (χ2n) is 6.42. The number of nitrogens with zero attached hydrogens (tertiary/aromatic N) is 2. The summed E-state index contributed by atoms with van der Waals surface area (Å²) in [6, 6.07) is 19.8. The molecule has 0 aliphatic heterocycles. The summed E-state index contributed by atoms with van der Waals surface area (Å²) in [5.41, 5.74) is -0.0829. The van der Waals surface area contributed by atoms with E-state index in [1.54, 1.807) is 42.5 Å². The van der Waals surface area contributed by atoms with Crippen LogP contribution in [0.1, 0.15) is 0 Å². The Morgan fingerprint density at radius 3 is 2.23 bits per heavy atom. The Balaban J connectivity index is 1.74. The molecule has 0 amide bonds. The monoisotopic (exact) mass is 454 g/mol. The molecule has 9 heteroatoms. The number of ether oxygens (including phenoxy) is 1. The summed E-state index contributed by atoms with van der Waals surface area (Å²) in [7, 11) is -3.96. The van der Waals surface area contributed by atoms with Gasteiger partial charge in [0.15, 0.2) is 10.8 Å². The average molecular weight is 455 g/mol. The fourth-order valence-corrected chi connectivity index (χ4v) is 4.42. The van der Waals surface area contributed by atoms with Crippen LogP contribution in [0, 0.1) is 0 Å². The molecule has 0 atom stereocenters. The van der Waals surface area contributed by atoms with E-state index in [1.807, 2.05) is 0 Å². The highest BCUT2D eigenvalue weighted by Gasteiger charge is 2.23. The molecule has 0 saturated carbocycles. The van der Waals surface area contributed by atoms with Crippen molar-refractivity contribution in [2.24, 2.45) is 0 Å². The summed E-state index contributed by atoms with van der Waals surface area (Å²) in [6.45, 7) is 0. The summed E-state index contributed by atoms with van der Waals surface area (Å²) in [5.74, 6) is -0.149. The number of para-hydroxylation sites is 2. The van der Waals surface area contributed by atoms with Crippen molar-refractivity contribution >= 4 is 21.4 Å². The second kappa shape index (κ2) is 8.25. The van der Waals surface area contributed by atoms with Crippen molar-refractivity contribution in [3.8, 4) is 22.9 Å². The Hall–Kier alpha value is -3.62. The molecule has 0 aliphatic carbocycles. The van der Waals surface area contributed by atoms with E-state index in [1.165, 1.54) is 42.6 Å². The highest BCUT2D eigenvalue weighted by molar-refractivity contribution is 7.91. The first-order chi connectivity index (χ1) is 14.9. The molecule has 156 valence electrons. The largest absolute Gasteiger partial charge is 0.508 e. The Morgan fingerprint density at radius 1 is 0.871 bits per heavy atom. The molecule has 0 bridgehead atoms. The standard InChI is InChI=1S/C22H15ClN2O5S/c23-21-19(14-24-25(22(21)27)15-6-2-1-3-7-15)30-18-8-4-5-9-20(18)31(28,29)17-12-10-16(26)11-13-17/h1-14,26H. The third-order valence-corrected chi connectivity index (χ3v) is 6.55. The van der Waals surface area contributed by atoms with E-state index < -0.39 is 15.4 Å². The van der Waals surface area contributed by atoms with E-state index >= 15 is 0 Å². The Bertz CT molecular complexity index is 1400. The number of phenolic OH excluding ortho intramolecular Hbond substituents is 1. The predicted molar refractivity (Wildman–Crippen MR) is 115 cm³/mol. The zero-order valence-electron chi connectivity index (χ0n) is 15.8. The van der Waals surface area contributed by atoms with E-state index in [0.29, 0.717) is 5.69 Å². The molecule has 0 spiro atoms. The van der Waals surface area contributed by atoms with Crippen molar-refractivity contribution in [3.05, 3.63) is 100 Å². The SMILES string of the molecule is O=c1c(Cl)c(Oc2ccccc2S(=O)(=O)c2ccc(O)cc2)cnn1-c1ccccc1. The Morgan fingerprint density at radius 2 is 1.52 bits per heavy atom. The van der Waals surface area contributed by atoms with Crippen molar-refractivity contribution in [3.63, 3.8) is 0 Å². The molecule has 1 aromatic heterocycles. The lowest BCUT2D eigenvalue weighted by Gasteiger charge is -2.13. The van der Waals surface area contributed by atoms with Gasteiger partial charge >= 0.3 is 0 Å². The van der Waals surface area contributed by atoms with Gasteiger partial charge in [-0.3, -0.25) is 4.79 Å². The molecule has 0 radical (unpaired) electrons. The van der Waals surface area contributed by atoms with Gasteiger partial charge in [0.05, 0.1) is 16.8 Å². The molecule has 31 heavy (non-hydrogen) atoms. The molecule has 0 unspecified atom stereocenters. The fraction of sp³-hybridized carbons (Fsp3) is 0. The van der Waals surface area contributed by atoms with Crippen LogP contribution in [0.2, 0.25) is 5.02 Å². The van der Waals surface area contributed by atoms with Gasteiger partial charge in [-0.15, -0.1) is 0 Å². The first-order valence-electron chi connectivity index (χ1n) is 9.02. The summed E-state index contributed by atoms with van der Waals surface area (Å²) >= 11 is 6.22. The van der Waals surface area contributed by atoms with Crippen LogP contribution in [-0.2, 0) is 9.84 Å². The van der Waals surface area contributed by atoms with Gasteiger partial charge in [-0.25, -0.2) is 8.42 Å². The maximum absolute atomic E-state index is 13.1. The Labute approximate surface area is 182 Å². The van der Waals surface area contributed by atoms with Crippen LogP contribution in [0.5, 0.6) is 17.2 Å². The highest BCUT2D eigenvalue weighted by atomic mass is 35.5. The van der Waals surface area contributed by atoms with Crippen LogP contribution in [-0.4, -0.2) is 23.3 Å². The minimum Gasteiger partial charge on any atom is -0.508 e. The molecule has 4 aromatic rings. The van der Waals surface area contributed by atoms with Crippen molar-refractivity contribution in [2.75, 3.05) is 0 Å². The number of sulfone groups is 1. The minimum absolute atomic E-state index is 0.0175. The van der Waals surface area contributed by atoms with Gasteiger partial charge in [-0.05, 0) is 48.5 Å². The topological polar surface area (TPSA) is 98.5 Å². The van der Waals surface area contributed by atoms with Crippen molar-refractivity contribution in [1.82, 2.24) is 9.78 Å². The van der Waals surface area contributed by atoms with Gasteiger partial charge in [0, 0.05) is 0 Å². The summed E-state index contributed by atoms with van der Waals surface area (Å²) in [6.07, 6.45) is 1.25. The van der Waals surface area contributed by atoms with Crippen molar-refractivity contribution in [1.29, 1.82) is 0 Å². The third-order valence-electron chi connectivity index (χ3n) is 4.39. The van der Waals surface area contributed by atoms with E-state index in [-0.39, 0.29) is 32.1 Å². The molecule has 1 N–H and O–H groups in total. The number of benzene rings is 3. The van der Waals surface area contributed by atoms with Gasteiger partial charge in [-0.1, -0.05) is 41.9 Å². The predicted octanol–water partition coefficient (Wildman–Crippen LogP) is 4.22. The number of rotatable bonds is 5. The smallest absolute Gasteiger partial charge is 0.294 e. The van der Waals surface area contributed by atoms with E-state index in [2.05, 4.69) is 5.10 Å². The fourth-order valence-electron chi connectivity index (χ4n) is 2.87. The first kappa shape index (κ1) is 20.6. The summed E-state index contributed by atoms with van der Waals surface area (Å²) in [5, 5.41) is 13.3. The van der Waals surface area contributed by atoms with E-state index in [0.717, 1.165) is 4.68 Å². The van der Waals surface area contributed by atoms with Gasteiger partial charge in [0.1, 0.15) is 16.4 Å². The average Bonchev–Trinajstić information content (AvgIpc) is 2.78. The minimum atomic E-state index is -3.96. The van der Waals surface area contributed by atoms with E-state index in [9.17, 15) is 18.3 Å². The first-order valence-corrected chi connectivity index (χ1v) is 10.9. The van der Waals surface area contributed by atoms with Crippen LogP contribution in [0.15, 0.2) is 99.6 Å². The number of phenols is 1. The zero-order chi connectivity index (χ0) is 22.0. The number of hydrogen-bond donors (Lipinski definition) is 1. The summed E-state index contributed by atoms with van der Waals surface area (Å²) < 4.78 is 33.0. The quantitative estimate of drug-likeness (QED) is 0.485. The molecular weight excluding hydrogens is 440 g/mol. The molecule has 0 fully saturated rings. The van der Waals surface area contributed by atoms with Gasteiger partial charge < -0.3 is 9.84 Å². The van der Waals surface area contributed by atoms with Crippen LogP contribution in [0.25, 0.3) is 5.69 Å². The van der Waals surface area contributed by atoms with Gasteiger partial charge in [-0.2, -0.15) is 9.78 Å². The van der Waals surface area contributed by atoms with Crippen LogP contribution < -0.4 is 10.3 Å². The molecule has 0 saturated heterocycles. The number of hydrogen-bond acceptors (Lipinski definition) is 6. The van der Waals surface area contributed by atoms with E-state index in [4.69, 9.17) is 16.3 Å². The van der Waals surface area contributed by atoms with Crippen LogP contribution >= 0.6 is 11.6 Å². The van der Waals surface area contributed by atoms with Gasteiger partial charge in [0.25, 0.3) is 5.56 Å². The molecular formula is C22H15ClN2O5S. The van der Waals surface area contributed by atoms with Gasteiger partial charge in [0.2, 0.25) is 9.84 Å². The van der Waals surface area contributed by atoms with Crippen LogP contribution in [0.3, 0.4) is 0 Å². The lowest BCUT2D eigenvalue weighted by Crippen LogP contribution is -2.21. The van der Waals surface area contributed by atoms with Crippen molar-refractivity contribution in [2.45, 2.75) is 9.79 Å². The maximum atomic E-state index is 13.1. The Kier molecular flexibility index (Phi) is 5.50. The van der Waals surface area contributed by atoms with Crippen LogP contribution in [0.4, 0.5) is 0 Å². The molecule has 0 aliphatic rings. The number of halogens is 1. The lowest BCUT2D eigenvalue weighted by molar-refractivity contribution is 0.461. The molecule has 7 nitrogen and oxygen atoms in total. The lowest BCUT2D eigenvalue weighted by atomic mass is 10.3. The molecule has 3 aromatic carbocycles. The molecule has 4 rings (SSSR count). The normalized spacial score (nSPS) is 11.3. The zero-order valence-corrected chi connectivity index (χ0v) is 17.4. The van der Waals surface area contributed by atoms with Crippen molar-refractivity contribution < 1.29 is 18.3 Å². The summed E-state index contributed by atoms with van der Waals surface area (Å²) in [4.78, 5) is 12.5. The number of aromatic nitrogens is 2. The second-order valence-corrected chi connectivity index (χ2v) is 8.72. The maximum Gasteiger partial charge on any atom is 0.294 e. The molecule has 1 heterocycles. The third kappa shape index (κ3) is 4.03. The number of aromatic hydroxyl groups is 1. The highest BCUT2D eigenvalue weighted by Crippen LogP contribution is 2.34.